The minimum Gasteiger partial charge on any atom is -0.507 e. The Balaban J connectivity index is 1.40. The summed E-state index contributed by atoms with van der Waals surface area (Å²) in [5.74, 6) is -12.0. The Kier molecular flexibility index (Phi) is 8.05. The van der Waals surface area contributed by atoms with Crippen LogP contribution in [0.2, 0.25) is 0 Å². The Morgan fingerprint density at radius 1 is 1.09 bits per heavy atom. The number of nitrogens with zero attached hydrogens (tertiary/aromatic N) is 1. The molecule has 5 rings (SSSR count). The molecule has 0 heterocycles. The Labute approximate surface area is 258 Å². The van der Waals surface area contributed by atoms with Crippen LogP contribution >= 0.6 is 0 Å². The number of hydrogen-bond donors (Lipinski definition) is 5. The van der Waals surface area contributed by atoms with E-state index in [1.807, 2.05) is 0 Å². The minimum atomic E-state index is -4.88. The van der Waals surface area contributed by atoms with Crippen LogP contribution in [0.15, 0.2) is 30.3 Å². The highest BCUT2D eigenvalue weighted by atomic mass is 19.4. The van der Waals surface area contributed by atoms with E-state index in [0.29, 0.717) is 11.3 Å². The molecule has 2 fully saturated rings. The molecule has 13 nitrogen and oxygen atoms in total. The molecule has 0 aromatic heterocycles. The quantitative estimate of drug-likeness (QED) is 0.287. The van der Waals surface area contributed by atoms with Gasteiger partial charge in [-0.05, 0) is 54.7 Å². The maximum atomic E-state index is 13.9. The molecule has 3 aliphatic rings. The van der Waals surface area contributed by atoms with E-state index < -0.39 is 88.6 Å². The first kappa shape index (κ1) is 32.4. The third-order valence-corrected chi connectivity index (χ3v) is 8.72. The number of nitrogens with one attached hydrogen (secondary N) is 2. The third kappa shape index (κ3) is 5.52. The van der Waals surface area contributed by atoms with Crippen LogP contribution in [0.25, 0.3) is 0 Å². The lowest BCUT2D eigenvalue weighted by atomic mass is 9.53. The van der Waals surface area contributed by atoms with Crippen molar-refractivity contribution in [3.05, 3.63) is 47.0 Å². The van der Waals surface area contributed by atoms with Crippen LogP contribution in [0.1, 0.15) is 34.3 Å². The molecule has 2 aromatic carbocycles. The van der Waals surface area contributed by atoms with E-state index in [-0.39, 0.29) is 36.2 Å². The fourth-order valence-electron chi connectivity index (χ4n) is 6.69. The number of ketones is 4. The zero-order valence-corrected chi connectivity index (χ0v) is 24.4. The maximum Gasteiger partial charge on any atom is 0.573 e. The number of phenols is 1. The number of amides is 3. The summed E-state index contributed by atoms with van der Waals surface area (Å²) in [6.45, 7) is -0.330. The smallest absolute Gasteiger partial charge is 0.507 e. The number of primary amides is 1. The molecule has 0 spiro atoms. The van der Waals surface area contributed by atoms with E-state index in [9.17, 15) is 52.2 Å². The lowest BCUT2D eigenvalue weighted by molar-refractivity contribution is -0.274. The molecule has 5 atom stereocenters. The first-order valence-electron chi connectivity index (χ1n) is 14.1. The van der Waals surface area contributed by atoms with Crippen molar-refractivity contribution in [2.45, 2.75) is 37.8 Å². The molecule has 3 amide bonds. The number of aromatic hydroxyl groups is 1. The molecule has 0 saturated heterocycles. The molecule has 2 aromatic rings. The van der Waals surface area contributed by atoms with Crippen molar-refractivity contribution in [1.29, 1.82) is 0 Å². The molecule has 244 valence electrons. The monoisotopic (exact) mass is 646 g/mol. The molecule has 6 N–H and O–H groups in total. The summed E-state index contributed by atoms with van der Waals surface area (Å²) in [7, 11) is 3.35. The zero-order chi connectivity index (χ0) is 33.9. The highest BCUT2D eigenvalue weighted by Crippen LogP contribution is 2.51. The van der Waals surface area contributed by atoms with Crippen molar-refractivity contribution in [2.24, 2.45) is 29.4 Å². The Morgan fingerprint density at radius 2 is 1.74 bits per heavy atom. The van der Waals surface area contributed by atoms with Gasteiger partial charge in [0.1, 0.15) is 11.5 Å². The Hall–Kier alpha value is -4.99. The molecule has 46 heavy (non-hydrogen) atoms. The standard InChI is InChI=1S/C30H29F3N4O9/c1-37(2)18-9-13(11-35-28(44)36-15-3-5-16(6-4-15)46-30(31,32)33)23(39)21-17(18)8-12-7-14-10-19(38)22(27(34)43)26(42)29(14,45)25(41)20(12)24(21)40/h3-6,9,12,14,20,22,39,45H,7-8,10-11H2,1-2H3,(H2,34,43)(H2,35,36,44)/t12?,14?,20?,22?,29-/m0/s1. The summed E-state index contributed by atoms with van der Waals surface area (Å²) in [5.41, 5.74) is 3.28. The summed E-state index contributed by atoms with van der Waals surface area (Å²) < 4.78 is 41.0. The number of anilines is 2. The van der Waals surface area contributed by atoms with Gasteiger partial charge >= 0.3 is 12.4 Å². The number of urea groups is 1. The highest BCUT2D eigenvalue weighted by molar-refractivity contribution is 6.31. The van der Waals surface area contributed by atoms with Crippen LogP contribution in [-0.4, -0.2) is 71.3 Å². The van der Waals surface area contributed by atoms with E-state index in [2.05, 4.69) is 15.4 Å². The van der Waals surface area contributed by atoms with Gasteiger partial charge in [-0.15, -0.1) is 13.2 Å². The van der Waals surface area contributed by atoms with Crippen LogP contribution in [0.4, 0.5) is 29.3 Å². The number of benzene rings is 2. The summed E-state index contributed by atoms with van der Waals surface area (Å²) in [4.78, 5) is 79.4. The van der Waals surface area contributed by atoms with Crippen molar-refractivity contribution in [3.63, 3.8) is 0 Å². The molecule has 4 unspecified atom stereocenters. The second-order valence-electron chi connectivity index (χ2n) is 11.8. The number of hydrogen-bond acceptors (Lipinski definition) is 10. The van der Waals surface area contributed by atoms with Crippen LogP contribution in [0, 0.1) is 23.7 Å². The van der Waals surface area contributed by atoms with Gasteiger partial charge in [0.05, 0.1) is 11.5 Å². The first-order chi connectivity index (χ1) is 21.4. The Morgan fingerprint density at radius 3 is 2.33 bits per heavy atom. The van der Waals surface area contributed by atoms with Gasteiger partial charge in [0, 0.05) is 49.9 Å². The topological polar surface area (TPSA) is 205 Å². The van der Waals surface area contributed by atoms with Crippen LogP contribution in [-0.2, 0) is 32.1 Å². The first-order valence-corrected chi connectivity index (χ1v) is 14.1. The molecule has 16 heteroatoms. The Bertz CT molecular complexity index is 1670. The number of fused-ring (bicyclic) bond motifs is 3. The lowest BCUT2D eigenvalue weighted by Crippen LogP contribution is -2.68. The van der Waals surface area contributed by atoms with E-state index in [4.69, 9.17) is 5.73 Å². The van der Waals surface area contributed by atoms with Gasteiger partial charge in [-0.1, -0.05) is 0 Å². The second-order valence-corrected chi connectivity index (χ2v) is 11.8. The molecule has 0 radical (unpaired) electrons. The number of Topliss-reactive ketones (excluding diaryl/α,β-unsaturated/α-hetero) is 4. The molecular formula is C30H29F3N4O9. The van der Waals surface area contributed by atoms with E-state index in [1.54, 1.807) is 19.0 Å². The van der Waals surface area contributed by atoms with Crippen LogP contribution < -0.4 is 26.0 Å². The van der Waals surface area contributed by atoms with Gasteiger partial charge in [0.2, 0.25) is 5.91 Å². The number of phenolic OH excluding ortho intramolecular Hbond substituents is 1. The zero-order valence-electron chi connectivity index (χ0n) is 24.4. The van der Waals surface area contributed by atoms with Crippen molar-refractivity contribution >= 4 is 46.4 Å². The average molecular weight is 647 g/mol. The van der Waals surface area contributed by atoms with E-state index in [1.165, 1.54) is 18.2 Å². The predicted octanol–water partition coefficient (Wildman–Crippen LogP) is 1.61. The number of alkyl halides is 3. The lowest BCUT2D eigenvalue weighted by Gasteiger charge is -2.48. The number of carbonyl (C=O) groups is 6. The number of ether oxygens (including phenoxy) is 1. The van der Waals surface area contributed by atoms with Crippen molar-refractivity contribution < 1.29 is 56.9 Å². The van der Waals surface area contributed by atoms with Crippen molar-refractivity contribution in [3.8, 4) is 11.5 Å². The number of aliphatic hydroxyl groups is 1. The fraction of sp³-hybridized carbons (Fsp3) is 0.400. The van der Waals surface area contributed by atoms with Gasteiger partial charge in [-0.3, -0.25) is 24.0 Å². The maximum absolute atomic E-state index is 13.9. The van der Waals surface area contributed by atoms with Crippen LogP contribution in [0.3, 0.4) is 0 Å². The fourth-order valence-corrected chi connectivity index (χ4v) is 6.69. The summed E-state index contributed by atoms with van der Waals surface area (Å²) in [5, 5.41) is 27.5. The third-order valence-electron chi connectivity index (χ3n) is 8.72. The van der Waals surface area contributed by atoms with E-state index >= 15 is 0 Å². The number of carbonyl (C=O) groups excluding carboxylic acids is 6. The van der Waals surface area contributed by atoms with Gasteiger partial charge in [0.15, 0.2) is 34.7 Å². The summed E-state index contributed by atoms with van der Waals surface area (Å²) in [6.07, 6.45) is -5.31. The SMILES string of the molecule is CN(C)c1cc(CNC(=O)Nc2ccc(OC(F)(F)F)cc2)c(O)c2c1CC1CC3CC(=O)C(C(N)=O)C(=O)[C@@]3(O)C(=O)C1C2=O. The van der Waals surface area contributed by atoms with E-state index in [0.717, 1.165) is 12.1 Å². The summed E-state index contributed by atoms with van der Waals surface area (Å²) in [6, 6.07) is 5.09. The largest absolute Gasteiger partial charge is 0.573 e. The molecular weight excluding hydrogens is 617 g/mol. The highest BCUT2D eigenvalue weighted by Gasteiger charge is 2.66. The number of rotatable bonds is 6. The molecule has 0 aliphatic heterocycles. The van der Waals surface area contributed by atoms with Crippen molar-refractivity contribution in [2.75, 3.05) is 24.3 Å². The van der Waals surface area contributed by atoms with Crippen LogP contribution in [0.5, 0.6) is 11.5 Å². The number of halogens is 3. The summed E-state index contributed by atoms with van der Waals surface area (Å²) >= 11 is 0. The second kappa shape index (κ2) is 11.4. The van der Waals surface area contributed by atoms with Crippen molar-refractivity contribution in [1.82, 2.24) is 5.32 Å². The predicted molar refractivity (Wildman–Crippen MR) is 152 cm³/mol. The normalized spacial score (nSPS) is 25.6. The minimum absolute atomic E-state index is 0.0541. The van der Waals surface area contributed by atoms with Gasteiger partial charge < -0.3 is 36.2 Å². The van der Waals surface area contributed by atoms with Gasteiger partial charge in [-0.25, -0.2) is 4.79 Å². The molecule has 0 bridgehead atoms. The van der Waals surface area contributed by atoms with Gasteiger partial charge in [-0.2, -0.15) is 0 Å². The average Bonchev–Trinajstić information content (AvgIpc) is 2.94. The number of nitrogens with two attached hydrogens (primary N) is 1. The van der Waals surface area contributed by atoms with Gasteiger partial charge in [0.25, 0.3) is 0 Å². The molecule has 3 aliphatic carbocycles. The molecule has 2 saturated carbocycles.